The Morgan fingerprint density at radius 1 is 1.50 bits per heavy atom. The summed E-state index contributed by atoms with van der Waals surface area (Å²) < 4.78 is 40.5. The smallest absolute Gasteiger partial charge is 0.243 e. The van der Waals surface area contributed by atoms with Gasteiger partial charge in [-0.3, -0.25) is 0 Å². The largest absolute Gasteiger partial charge is 0.398 e. The van der Waals surface area contributed by atoms with E-state index in [1.165, 1.54) is 0 Å². The summed E-state index contributed by atoms with van der Waals surface area (Å²) in [4.78, 5) is -0.191. The molecule has 0 saturated heterocycles. The van der Waals surface area contributed by atoms with Crippen LogP contribution in [0, 0.1) is 5.82 Å². The van der Waals surface area contributed by atoms with Crippen LogP contribution in [0.4, 0.5) is 10.1 Å². The van der Waals surface area contributed by atoms with Gasteiger partial charge in [0.15, 0.2) is 0 Å². The van der Waals surface area contributed by atoms with Crippen LogP contribution in [-0.4, -0.2) is 25.7 Å². The van der Waals surface area contributed by atoms with Gasteiger partial charge in [0.1, 0.15) is 10.7 Å². The zero-order valence-corrected chi connectivity index (χ0v) is 13.7. The number of benzene rings is 1. The molecule has 1 aromatic carbocycles. The summed E-state index contributed by atoms with van der Waals surface area (Å²) in [7, 11) is -3.90. The lowest BCUT2D eigenvalue weighted by Crippen LogP contribution is -2.46. The number of nitrogens with two attached hydrogens (primary N) is 1. The Bertz CT molecular complexity index is 595. The minimum Gasteiger partial charge on any atom is -0.398 e. The molecule has 0 aliphatic carbocycles. The van der Waals surface area contributed by atoms with Crippen LogP contribution >= 0.6 is 15.9 Å². The van der Waals surface area contributed by atoms with E-state index in [0.29, 0.717) is 6.42 Å². The summed E-state index contributed by atoms with van der Waals surface area (Å²) in [6.45, 7) is 3.35. The maximum absolute atomic E-state index is 13.3. The van der Waals surface area contributed by atoms with Crippen molar-refractivity contribution in [2.75, 3.05) is 12.3 Å². The van der Waals surface area contributed by atoms with Crippen LogP contribution in [-0.2, 0) is 10.0 Å². The lowest BCUT2D eigenvalue weighted by Gasteiger charge is -2.28. The van der Waals surface area contributed by atoms with Gasteiger partial charge in [-0.25, -0.2) is 17.5 Å². The summed E-state index contributed by atoms with van der Waals surface area (Å²) >= 11 is 2.94. The van der Waals surface area contributed by atoms with Gasteiger partial charge < -0.3 is 10.8 Å². The van der Waals surface area contributed by atoms with Crippen molar-refractivity contribution in [1.29, 1.82) is 0 Å². The van der Waals surface area contributed by atoms with Crippen LogP contribution in [0.3, 0.4) is 0 Å². The molecule has 20 heavy (non-hydrogen) atoms. The molecule has 0 spiro atoms. The molecule has 1 atom stereocenters. The van der Waals surface area contributed by atoms with E-state index in [2.05, 4.69) is 20.7 Å². The first kappa shape index (κ1) is 17.4. The van der Waals surface area contributed by atoms with Crippen molar-refractivity contribution in [3.63, 3.8) is 0 Å². The number of nitrogens with one attached hydrogen (secondary N) is 1. The van der Waals surface area contributed by atoms with Crippen molar-refractivity contribution in [3.05, 3.63) is 22.4 Å². The third kappa shape index (κ3) is 3.91. The van der Waals surface area contributed by atoms with Gasteiger partial charge in [0.2, 0.25) is 10.0 Å². The second-order valence-electron chi connectivity index (χ2n) is 4.80. The summed E-state index contributed by atoms with van der Waals surface area (Å²) in [6.07, 6.45) is 0.764. The number of rotatable bonds is 6. The highest BCUT2D eigenvalue weighted by molar-refractivity contribution is 9.10. The average molecular weight is 369 g/mol. The van der Waals surface area contributed by atoms with Gasteiger partial charge in [-0.15, -0.1) is 0 Å². The highest BCUT2D eigenvalue weighted by Gasteiger charge is 2.30. The van der Waals surface area contributed by atoms with E-state index in [-0.39, 0.29) is 28.1 Å². The fourth-order valence-corrected chi connectivity index (χ4v) is 3.85. The normalized spacial score (nSPS) is 15.1. The van der Waals surface area contributed by atoms with Crippen LogP contribution < -0.4 is 10.5 Å². The first-order valence-electron chi connectivity index (χ1n) is 6.04. The van der Waals surface area contributed by atoms with Crippen molar-refractivity contribution < 1.29 is 17.9 Å². The monoisotopic (exact) mass is 368 g/mol. The molecule has 0 saturated carbocycles. The van der Waals surface area contributed by atoms with Crippen molar-refractivity contribution in [3.8, 4) is 0 Å². The highest BCUT2D eigenvalue weighted by atomic mass is 79.9. The van der Waals surface area contributed by atoms with Gasteiger partial charge in [0, 0.05) is 12.1 Å². The van der Waals surface area contributed by atoms with E-state index >= 15 is 0 Å². The number of aliphatic hydroxyl groups excluding tert-OH is 1. The topological polar surface area (TPSA) is 92.4 Å². The highest BCUT2D eigenvalue weighted by Crippen LogP contribution is 2.28. The van der Waals surface area contributed by atoms with Gasteiger partial charge in [0.05, 0.1) is 10.2 Å². The molecule has 8 heteroatoms. The first-order chi connectivity index (χ1) is 9.15. The van der Waals surface area contributed by atoms with Gasteiger partial charge >= 0.3 is 0 Å². The Morgan fingerprint density at radius 2 is 2.10 bits per heavy atom. The third-order valence-corrected chi connectivity index (χ3v) is 5.47. The molecule has 1 unspecified atom stereocenters. The average Bonchev–Trinajstić information content (AvgIpc) is 2.33. The van der Waals surface area contributed by atoms with E-state index in [4.69, 9.17) is 10.8 Å². The molecule has 0 heterocycles. The molecular weight excluding hydrogens is 351 g/mol. The van der Waals surface area contributed by atoms with Crippen molar-refractivity contribution in [2.45, 2.75) is 37.1 Å². The van der Waals surface area contributed by atoms with Gasteiger partial charge in [-0.05, 0) is 47.8 Å². The number of hydrogen-bond donors (Lipinski definition) is 3. The maximum atomic E-state index is 13.3. The minimum absolute atomic E-state index is 0.0208. The Labute approximate surface area is 126 Å². The summed E-state index contributed by atoms with van der Waals surface area (Å²) in [5.41, 5.74) is 4.62. The second-order valence-corrected chi connectivity index (χ2v) is 7.30. The Hall–Kier alpha value is -0.700. The molecule has 4 N–H and O–H groups in total. The number of nitrogen functional groups attached to an aromatic ring is 1. The predicted molar refractivity (Wildman–Crippen MR) is 79.2 cm³/mol. The zero-order chi connectivity index (χ0) is 15.6. The molecular formula is C12H18BrFN2O3S. The number of hydrogen-bond acceptors (Lipinski definition) is 4. The van der Waals surface area contributed by atoms with Gasteiger partial charge in [-0.1, -0.05) is 6.92 Å². The number of sulfonamides is 1. The molecule has 0 fully saturated rings. The third-order valence-electron chi connectivity index (χ3n) is 3.17. The predicted octanol–water partition coefficient (Wildman–Crippen LogP) is 2.00. The lowest BCUT2D eigenvalue weighted by molar-refractivity contribution is 0.233. The molecule has 0 radical (unpaired) electrons. The SMILES string of the molecule is CCC(C)(CCO)NS(=O)(=O)c1cc(Br)c(F)cc1N. The van der Waals surface area contributed by atoms with E-state index in [1.54, 1.807) is 6.92 Å². The van der Waals surface area contributed by atoms with Crippen molar-refractivity contribution in [1.82, 2.24) is 4.72 Å². The quantitative estimate of drug-likeness (QED) is 0.669. The van der Waals surface area contributed by atoms with Crippen molar-refractivity contribution >= 4 is 31.6 Å². The first-order valence-corrected chi connectivity index (χ1v) is 8.32. The van der Waals surface area contributed by atoms with Crippen LogP contribution in [0.5, 0.6) is 0 Å². The summed E-state index contributed by atoms with van der Waals surface area (Å²) in [5, 5.41) is 9.02. The molecule has 0 aromatic heterocycles. The number of aliphatic hydroxyl groups is 1. The molecule has 114 valence electrons. The second kappa shape index (κ2) is 6.38. The van der Waals surface area contributed by atoms with E-state index in [9.17, 15) is 12.8 Å². The van der Waals surface area contributed by atoms with E-state index in [0.717, 1.165) is 12.1 Å². The summed E-state index contributed by atoms with van der Waals surface area (Å²) in [5.74, 6) is -0.630. The number of halogens is 2. The van der Waals surface area contributed by atoms with Gasteiger partial charge in [-0.2, -0.15) is 0 Å². The standard InChI is InChI=1S/C12H18BrFN2O3S/c1-3-12(2,4-5-17)16-20(18,19)11-6-8(13)9(14)7-10(11)15/h6-7,16-17H,3-5,15H2,1-2H3. The van der Waals surface area contributed by atoms with Crippen LogP contribution in [0.1, 0.15) is 26.7 Å². The molecule has 0 amide bonds. The van der Waals surface area contributed by atoms with Crippen LogP contribution in [0.2, 0.25) is 0 Å². The number of anilines is 1. The maximum Gasteiger partial charge on any atom is 0.243 e. The Morgan fingerprint density at radius 3 is 2.60 bits per heavy atom. The molecule has 5 nitrogen and oxygen atoms in total. The minimum atomic E-state index is -3.90. The molecule has 1 rings (SSSR count). The molecule has 0 aliphatic rings. The molecule has 1 aromatic rings. The fraction of sp³-hybridized carbons (Fsp3) is 0.500. The summed E-state index contributed by atoms with van der Waals surface area (Å²) in [6, 6.07) is 2.08. The Balaban J connectivity index is 3.21. The van der Waals surface area contributed by atoms with E-state index in [1.807, 2.05) is 6.92 Å². The zero-order valence-electron chi connectivity index (χ0n) is 11.3. The van der Waals surface area contributed by atoms with Crippen LogP contribution in [0.15, 0.2) is 21.5 Å². The van der Waals surface area contributed by atoms with Crippen LogP contribution in [0.25, 0.3) is 0 Å². The molecule has 0 bridgehead atoms. The fourth-order valence-electron chi connectivity index (χ4n) is 1.70. The van der Waals surface area contributed by atoms with Crippen molar-refractivity contribution in [2.24, 2.45) is 0 Å². The lowest BCUT2D eigenvalue weighted by atomic mass is 9.97. The van der Waals surface area contributed by atoms with Gasteiger partial charge in [0.25, 0.3) is 0 Å². The molecule has 0 aliphatic heterocycles. The van der Waals surface area contributed by atoms with E-state index < -0.39 is 21.4 Å². The Kier molecular flexibility index (Phi) is 5.54.